The van der Waals surface area contributed by atoms with Gasteiger partial charge in [0.15, 0.2) is 0 Å². The Labute approximate surface area is 99.7 Å². The Morgan fingerprint density at radius 2 is 2.12 bits per heavy atom. The topological polar surface area (TPSA) is 21.8 Å². The number of epoxide rings is 1. The summed E-state index contributed by atoms with van der Waals surface area (Å²) in [4.78, 5) is 0. The molecule has 0 radical (unpaired) electrons. The van der Waals surface area contributed by atoms with Crippen LogP contribution in [0.4, 0.5) is 0 Å². The van der Waals surface area contributed by atoms with E-state index in [9.17, 15) is 0 Å². The highest BCUT2D eigenvalue weighted by atomic mass is 16.6. The van der Waals surface area contributed by atoms with Gasteiger partial charge in [0.25, 0.3) is 0 Å². The highest BCUT2D eigenvalue weighted by Gasteiger charge is 2.54. The summed E-state index contributed by atoms with van der Waals surface area (Å²) in [6.45, 7) is 10.7. The fourth-order valence-electron chi connectivity index (χ4n) is 2.61. The van der Waals surface area contributed by atoms with Crippen LogP contribution in [0.2, 0.25) is 0 Å². The van der Waals surface area contributed by atoms with E-state index in [1.807, 2.05) is 0 Å². The van der Waals surface area contributed by atoms with Gasteiger partial charge in [-0.25, -0.2) is 0 Å². The fourth-order valence-corrected chi connectivity index (χ4v) is 2.61. The van der Waals surface area contributed by atoms with Crippen LogP contribution in [0.15, 0.2) is 0 Å². The molecule has 0 aromatic rings. The number of hydrogen-bond acceptors (Lipinski definition) is 2. The quantitative estimate of drug-likeness (QED) is 0.541. The van der Waals surface area contributed by atoms with Gasteiger partial charge in [-0.2, -0.15) is 0 Å². The SMILES string of the molecule is CC(C)(C)COCCC1CCC2(C)OC2C1. The summed E-state index contributed by atoms with van der Waals surface area (Å²) in [7, 11) is 0. The molecule has 0 aromatic heterocycles. The minimum Gasteiger partial charge on any atom is -0.381 e. The van der Waals surface area contributed by atoms with E-state index >= 15 is 0 Å². The standard InChI is InChI=1S/C14H26O2/c1-13(2,3)10-15-8-6-11-5-7-14(4)12(9-11)16-14/h11-12H,5-10H2,1-4H3. The van der Waals surface area contributed by atoms with E-state index in [1.165, 1.54) is 25.7 Å². The van der Waals surface area contributed by atoms with Crippen molar-refractivity contribution >= 4 is 0 Å². The van der Waals surface area contributed by atoms with E-state index in [0.717, 1.165) is 19.1 Å². The smallest absolute Gasteiger partial charge is 0.0920 e. The van der Waals surface area contributed by atoms with E-state index < -0.39 is 0 Å². The number of fused-ring (bicyclic) bond motifs is 1. The molecule has 1 aliphatic heterocycles. The Morgan fingerprint density at radius 3 is 2.75 bits per heavy atom. The summed E-state index contributed by atoms with van der Waals surface area (Å²) in [5.74, 6) is 0.834. The zero-order chi connectivity index (χ0) is 11.8. The molecule has 0 bridgehead atoms. The van der Waals surface area contributed by atoms with E-state index in [1.54, 1.807) is 0 Å². The van der Waals surface area contributed by atoms with Crippen LogP contribution in [0.3, 0.4) is 0 Å². The number of hydrogen-bond donors (Lipinski definition) is 0. The van der Waals surface area contributed by atoms with Gasteiger partial charge < -0.3 is 9.47 Å². The summed E-state index contributed by atoms with van der Waals surface area (Å²) < 4.78 is 11.4. The van der Waals surface area contributed by atoms with Crippen molar-refractivity contribution in [1.82, 2.24) is 0 Å². The third-order valence-corrected chi connectivity index (χ3v) is 3.84. The van der Waals surface area contributed by atoms with Crippen LogP contribution in [-0.4, -0.2) is 24.9 Å². The summed E-state index contributed by atoms with van der Waals surface area (Å²) in [6.07, 6.45) is 5.61. The summed E-state index contributed by atoms with van der Waals surface area (Å²) in [5.41, 5.74) is 0.563. The third kappa shape index (κ3) is 3.21. The van der Waals surface area contributed by atoms with Gasteiger partial charge in [-0.1, -0.05) is 20.8 Å². The first-order valence-electron chi connectivity index (χ1n) is 6.65. The minimum absolute atomic E-state index is 0.267. The predicted molar refractivity (Wildman–Crippen MR) is 65.5 cm³/mol. The van der Waals surface area contributed by atoms with Gasteiger partial charge in [0, 0.05) is 6.61 Å². The van der Waals surface area contributed by atoms with Crippen molar-refractivity contribution in [3.63, 3.8) is 0 Å². The number of ether oxygens (including phenoxy) is 2. The molecule has 2 aliphatic rings. The van der Waals surface area contributed by atoms with Crippen LogP contribution >= 0.6 is 0 Å². The van der Waals surface area contributed by atoms with Gasteiger partial charge in [-0.15, -0.1) is 0 Å². The van der Waals surface area contributed by atoms with Crippen LogP contribution in [0.25, 0.3) is 0 Å². The highest BCUT2D eigenvalue weighted by Crippen LogP contribution is 2.49. The van der Waals surface area contributed by atoms with Gasteiger partial charge in [0.1, 0.15) is 0 Å². The van der Waals surface area contributed by atoms with Crippen molar-refractivity contribution in [2.24, 2.45) is 11.3 Å². The second kappa shape index (κ2) is 4.30. The molecule has 0 amide bonds. The Hall–Kier alpha value is -0.0800. The molecule has 1 saturated heterocycles. The van der Waals surface area contributed by atoms with Crippen molar-refractivity contribution < 1.29 is 9.47 Å². The van der Waals surface area contributed by atoms with Crippen LogP contribution in [0.5, 0.6) is 0 Å². The Bertz CT molecular complexity index is 244. The van der Waals surface area contributed by atoms with Crippen LogP contribution in [-0.2, 0) is 9.47 Å². The molecule has 1 saturated carbocycles. The van der Waals surface area contributed by atoms with Gasteiger partial charge in [-0.05, 0) is 43.9 Å². The van der Waals surface area contributed by atoms with E-state index in [4.69, 9.17) is 9.47 Å². The largest absolute Gasteiger partial charge is 0.381 e. The first-order chi connectivity index (χ1) is 7.39. The van der Waals surface area contributed by atoms with Crippen LogP contribution in [0, 0.1) is 11.3 Å². The molecule has 1 aliphatic carbocycles. The van der Waals surface area contributed by atoms with Gasteiger partial charge in [0.2, 0.25) is 0 Å². The molecule has 3 unspecified atom stereocenters. The molecule has 2 rings (SSSR count). The zero-order valence-corrected chi connectivity index (χ0v) is 11.2. The molecule has 2 nitrogen and oxygen atoms in total. The van der Waals surface area contributed by atoms with Gasteiger partial charge in [-0.3, -0.25) is 0 Å². The molecular weight excluding hydrogens is 200 g/mol. The Morgan fingerprint density at radius 1 is 1.38 bits per heavy atom. The molecule has 2 fully saturated rings. The molecular formula is C14H26O2. The van der Waals surface area contributed by atoms with Crippen LogP contribution < -0.4 is 0 Å². The molecule has 3 atom stereocenters. The number of rotatable bonds is 4. The van der Waals surface area contributed by atoms with Crippen LogP contribution in [0.1, 0.15) is 53.4 Å². The molecule has 0 N–H and O–H groups in total. The van der Waals surface area contributed by atoms with Crippen molar-refractivity contribution in [1.29, 1.82) is 0 Å². The lowest BCUT2D eigenvalue weighted by Gasteiger charge is -2.23. The van der Waals surface area contributed by atoms with E-state index in [0.29, 0.717) is 11.5 Å². The first kappa shape index (κ1) is 12.4. The van der Waals surface area contributed by atoms with Crippen molar-refractivity contribution in [3.05, 3.63) is 0 Å². The Kier molecular flexibility index (Phi) is 3.33. The van der Waals surface area contributed by atoms with Crippen molar-refractivity contribution in [2.45, 2.75) is 65.1 Å². The van der Waals surface area contributed by atoms with Crippen molar-refractivity contribution in [3.8, 4) is 0 Å². The third-order valence-electron chi connectivity index (χ3n) is 3.84. The van der Waals surface area contributed by atoms with Crippen molar-refractivity contribution in [2.75, 3.05) is 13.2 Å². The second-order valence-corrected chi connectivity index (χ2v) is 6.96. The highest BCUT2D eigenvalue weighted by molar-refractivity contribution is 5.03. The van der Waals surface area contributed by atoms with E-state index in [-0.39, 0.29) is 5.60 Å². The van der Waals surface area contributed by atoms with E-state index in [2.05, 4.69) is 27.7 Å². The average Bonchev–Trinajstić information content (AvgIpc) is 2.82. The molecule has 94 valence electrons. The van der Waals surface area contributed by atoms with Gasteiger partial charge in [0.05, 0.1) is 18.3 Å². The predicted octanol–water partition coefficient (Wildman–Crippen LogP) is 3.40. The fraction of sp³-hybridized carbons (Fsp3) is 1.00. The molecule has 16 heavy (non-hydrogen) atoms. The lowest BCUT2D eigenvalue weighted by atomic mass is 9.81. The minimum atomic E-state index is 0.267. The molecule has 0 aromatic carbocycles. The molecule has 2 heteroatoms. The zero-order valence-electron chi connectivity index (χ0n) is 11.2. The Balaban J connectivity index is 1.58. The monoisotopic (exact) mass is 226 g/mol. The lowest BCUT2D eigenvalue weighted by molar-refractivity contribution is 0.0596. The maximum Gasteiger partial charge on any atom is 0.0920 e. The normalized spacial score (nSPS) is 38.2. The molecule has 0 spiro atoms. The lowest BCUT2D eigenvalue weighted by Crippen LogP contribution is -2.23. The maximum atomic E-state index is 5.73. The van der Waals surface area contributed by atoms with Gasteiger partial charge >= 0.3 is 0 Å². The average molecular weight is 226 g/mol. The maximum absolute atomic E-state index is 5.73. The second-order valence-electron chi connectivity index (χ2n) is 6.96. The summed E-state index contributed by atoms with van der Waals surface area (Å²) in [5, 5.41) is 0. The summed E-state index contributed by atoms with van der Waals surface area (Å²) >= 11 is 0. The molecule has 1 heterocycles. The summed E-state index contributed by atoms with van der Waals surface area (Å²) in [6, 6.07) is 0. The first-order valence-corrected chi connectivity index (χ1v) is 6.65.